The van der Waals surface area contributed by atoms with Crippen LogP contribution in [-0.2, 0) is 16.6 Å². The number of rotatable bonds is 6. The molecule has 18 heavy (non-hydrogen) atoms. The molecule has 6 heteroatoms. The van der Waals surface area contributed by atoms with E-state index in [2.05, 4.69) is 20.7 Å². The molecule has 0 aliphatic carbocycles. The fourth-order valence-electron chi connectivity index (χ4n) is 1.62. The van der Waals surface area contributed by atoms with Gasteiger partial charge in [-0.1, -0.05) is 19.9 Å². The van der Waals surface area contributed by atoms with Gasteiger partial charge in [-0.15, -0.1) is 0 Å². The van der Waals surface area contributed by atoms with Gasteiger partial charge in [0.2, 0.25) is 10.0 Å². The minimum Gasteiger partial charge on any atom is -0.326 e. The van der Waals surface area contributed by atoms with Crippen LogP contribution in [0, 0.1) is 0 Å². The third-order valence-corrected chi connectivity index (χ3v) is 5.34. The van der Waals surface area contributed by atoms with E-state index in [0.717, 1.165) is 18.4 Å². The van der Waals surface area contributed by atoms with E-state index in [0.29, 0.717) is 11.0 Å². The third-order valence-electron chi connectivity index (χ3n) is 2.83. The van der Waals surface area contributed by atoms with Gasteiger partial charge >= 0.3 is 0 Å². The zero-order valence-electron chi connectivity index (χ0n) is 10.6. The minimum atomic E-state index is -3.50. The van der Waals surface area contributed by atoms with Crippen molar-refractivity contribution < 1.29 is 8.42 Å². The first-order valence-corrected chi connectivity index (χ1v) is 8.23. The molecule has 0 spiro atoms. The highest BCUT2D eigenvalue weighted by Crippen LogP contribution is 2.23. The lowest BCUT2D eigenvalue weighted by Crippen LogP contribution is -2.34. The molecule has 1 aromatic carbocycles. The van der Waals surface area contributed by atoms with E-state index in [1.165, 1.54) is 0 Å². The molecule has 4 nitrogen and oxygen atoms in total. The highest BCUT2D eigenvalue weighted by Gasteiger charge is 2.20. The second-order valence-electron chi connectivity index (χ2n) is 4.10. The normalized spacial score (nSPS) is 12.1. The summed E-state index contributed by atoms with van der Waals surface area (Å²) in [5.41, 5.74) is 6.33. The molecule has 0 amide bonds. The summed E-state index contributed by atoms with van der Waals surface area (Å²) in [4.78, 5) is 0.248. The number of nitrogens with one attached hydrogen (secondary N) is 1. The molecule has 1 aromatic rings. The van der Waals surface area contributed by atoms with E-state index < -0.39 is 10.0 Å². The molecule has 0 radical (unpaired) electrons. The molecule has 0 heterocycles. The Morgan fingerprint density at radius 2 is 1.94 bits per heavy atom. The first-order chi connectivity index (χ1) is 8.44. The Balaban J connectivity index is 3.11. The number of sulfonamides is 1. The van der Waals surface area contributed by atoms with Crippen LogP contribution in [0.25, 0.3) is 0 Å². The summed E-state index contributed by atoms with van der Waals surface area (Å²) in [5.74, 6) is 0. The molecule has 102 valence electrons. The number of hydrogen-bond donors (Lipinski definition) is 2. The summed E-state index contributed by atoms with van der Waals surface area (Å²) < 4.78 is 27.8. The Hall–Kier alpha value is -0.430. The SMILES string of the molecule is CCC(CC)NS(=O)(=O)c1cc(CN)ccc1Br. The number of hydrogen-bond acceptors (Lipinski definition) is 3. The van der Waals surface area contributed by atoms with E-state index in [1.54, 1.807) is 18.2 Å². The largest absolute Gasteiger partial charge is 0.326 e. The molecular formula is C12H19BrN2O2S. The van der Waals surface area contributed by atoms with Crippen LogP contribution in [0.4, 0.5) is 0 Å². The van der Waals surface area contributed by atoms with E-state index in [9.17, 15) is 8.42 Å². The van der Waals surface area contributed by atoms with Gasteiger partial charge < -0.3 is 5.73 Å². The maximum Gasteiger partial charge on any atom is 0.241 e. The lowest BCUT2D eigenvalue weighted by molar-refractivity contribution is 0.530. The van der Waals surface area contributed by atoms with Gasteiger partial charge in [-0.2, -0.15) is 0 Å². The molecule has 0 atom stereocenters. The summed E-state index contributed by atoms with van der Waals surface area (Å²) in [7, 11) is -3.50. The number of nitrogens with two attached hydrogens (primary N) is 1. The molecule has 0 unspecified atom stereocenters. The summed E-state index contributed by atoms with van der Waals surface area (Å²) in [5, 5.41) is 0. The Bertz CT molecular complexity index is 499. The van der Waals surface area contributed by atoms with Gasteiger partial charge in [0.1, 0.15) is 0 Å². The average Bonchev–Trinajstić information content (AvgIpc) is 2.36. The maximum atomic E-state index is 12.3. The van der Waals surface area contributed by atoms with Crippen molar-refractivity contribution in [2.75, 3.05) is 0 Å². The summed E-state index contributed by atoms with van der Waals surface area (Å²) >= 11 is 3.27. The van der Waals surface area contributed by atoms with E-state index >= 15 is 0 Å². The predicted octanol–water partition coefficient (Wildman–Crippen LogP) is 2.37. The van der Waals surface area contributed by atoms with Gasteiger partial charge in [-0.05, 0) is 46.5 Å². The molecule has 0 saturated carbocycles. The zero-order chi connectivity index (χ0) is 13.8. The Labute approximate surface area is 117 Å². The Kier molecular flexibility index (Phi) is 5.78. The van der Waals surface area contributed by atoms with Crippen molar-refractivity contribution >= 4 is 26.0 Å². The van der Waals surface area contributed by atoms with Gasteiger partial charge in [-0.3, -0.25) is 0 Å². The fraction of sp³-hybridized carbons (Fsp3) is 0.500. The molecule has 3 N–H and O–H groups in total. The minimum absolute atomic E-state index is 0.0385. The van der Waals surface area contributed by atoms with E-state index in [-0.39, 0.29) is 10.9 Å². The predicted molar refractivity (Wildman–Crippen MR) is 76.7 cm³/mol. The maximum absolute atomic E-state index is 12.3. The first kappa shape index (κ1) is 15.6. The summed E-state index contributed by atoms with van der Waals surface area (Å²) in [6.07, 6.45) is 1.54. The van der Waals surface area contributed by atoms with E-state index in [1.807, 2.05) is 13.8 Å². The second-order valence-corrected chi connectivity index (χ2v) is 6.64. The van der Waals surface area contributed by atoms with Gasteiger partial charge in [0.05, 0.1) is 4.90 Å². The quantitative estimate of drug-likeness (QED) is 0.838. The van der Waals surface area contributed by atoms with Crippen molar-refractivity contribution in [2.24, 2.45) is 5.73 Å². The van der Waals surface area contributed by atoms with Crippen LogP contribution in [0.15, 0.2) is 27.6 Å². The fourth-order valence-corrected chi connectivity index (χ4v) is 4.04. The number of benzene rings is 1. The van der Waals surface area contributed by atoms with Crippen molar-refractivity contribution in [3.63, 3.8) is 0 Å². The first-order valence-electron chi connectivity index (χ1n) is 5.95. The van der Waals surface area contributed by atoms with Crippen LogP contribution in [-0.4, -0.2) is 14.5 Å². The third kappa shape index (κ3) is 3.78. The van der Waals surface area contributed by atoms with Crippen LogP contribution >= 0.6 is 15.9 Å². The van der Waals surface area contributed by atoms with Crippen LogP contribution in [0.5, 0.6) is 0 Å². The average molecular weight is 335 g/mol. The molecule has 0 aliphatic heterocycles. The molecule has 0 bridgehead atoms. The highest BCUT2D eigenvalue weighted by molar-refractivity contribution is 9.10. The topological polar surface area (TPSA) is 72.2 Å². The molecular weight excluding hydrogens is 316 g/mol. The van der Waals surface area contributed by atoms with Crippen LogP contribution in [0.1, 0.15) is 32.3 Å². The number of halogens is 1. The molecule has 0 fully saturated rings. The Morgan fingerprint density at radius 3 is 2.44 bits per heavy atom. The smallest absolute Gasteiger partial charge is 0.241 e. The van der Waals surface area contributed by atoms with Crippen molar-refractivity contribution in [1.82, 2.24) is 4.72 Å². The van der Waals surface area contributed by atoms with Crippen molar-refractivity contribution in [2.45, 2.75) is 44.2 Å². The molecule has 0 saturated heterocycles. The zero-order valence-corrected chi connectivity index (χ0v) is 13.0. The lowest BCUT2D eigenvalue weighted by atomic mass is 10.2. The van der Waals surface area contributed by atoms with Crippen molar-refractivity contribution in [1.29, 1.82) is 0 Å². The summed E-state index contributed by atoms with van der Waals surface area (Å²) in [6, 6.07) is 5.09. The highest BCUT2D eigenvalue weighted by atomic mass is 79.9. The van der Waals surface area contributed by atoms with Crippen LogP contribution < -0.4 is 10.5 Å². The van der Waals surface area contributed by atoms with Crippen molar-refractivity contribution in [3.05, 3.63) is 28.2 Å². The van der Waals surface area contributed by atoms with Crippen molar-refractivity contribution in [3.8, 4) is 0 Å². The van der Waals surface area contributed by atoms with Gasteiger partial charge in [-0.25, -0.2) is 13.1 Å². The lowest BCUT2D eigenvalue weighted by Gasteiger charge is -2.16. The van der Waals surface area contributed by atoms with Crippen LogP contribution in [0.2, 0.25) is 0 Å². The van der Waals surface area contributed by atoms with E-state index in [4.69, 9.17) is 5.73 Å². The van der Waals surface area contributed by atoms with Gasteiger partial charge in [0.15, 0.2) is 0 Å². The molecule has 1 rings (SSSR count). The molecule has 0 aromatic heterocycles. The Morgan fingerprint density at radius 1 is 1.33 bits per heavy atom. The van der Waals surface area contributed by atoms with Crippen LogP contribution in [0.3, 0.4) is 0 Å². The standard InChI is InChI=1S/C12H19BrN2O2S/c1-3-10(4-2)15-18(16,17)12-7-9(8-14)5-6-11(12)13/h5-7,10,15H,3-4,8,14H2,1-2H3. The summed E-state index contributed by atoms with van der Waals surface area (Å²) in [6.45, 7) is 4.24. The van der Waals surface area contributed by atoms with Gasteiger partial charge in [0.25, 0.3) is 0 Å². The van der Waals surface area contributed by atoms with Gasteiger partial charge in [0, 0.05) is 17.1 Å². The molecule has 0 aliphatic rings. The monoisotopic (exact) mass is 334 g/mol. The second kappa shape index (κ2) is 6.65.